The molecule has 1 aliphatic heterocycles. The van der Waals surface area contributed by atoms with Crippen molar-refractivity contribution in [1.82, 2.24) is 19.3 Å². The van der Waals surface area contributed by atoms with Crippen LogP contribution in [0.3, 0.4) is 0 Å². The summed E-state index contributed by atoms with van der Waals surface area (Å²) in [5.41, 5.74) is -0.631. The molecule has 14 heteroatoms. The minimum Gasteiger partial charge on any atom is -0.478 e. The molecule has 1 saturated heterocycles. The van der Waals surface area contributed by atoms with E-state index in [1.54, 1.807) is 45.9 Å². The summed E-state index contributed by atoms with van der Waals surface area (Å²) in [5.74, 6) is -1.75. The fraction of sp³-hybridized carbons (Fsp3) is 0.370. The van der Waals surface area contributed by atoms with Crippen molar-refractivity contribution in [1.29, 1.82) is 0 Å². The van der Waals surface area contributed by atoms with Crippen molar-refractivity contribution in [3.05, 3.63) is 68.8 Å². The van der Waals surface area contributed by atoms with Crippen molar-refractivity contribution in [2.45, 2.75) is 51.7 Å². The van der Waals surface area contributed by atoms with Crippen LogP contribution in [-0.4, -0.2) is 59.5 Å². The van der Waals surface area contributed by atoms with Crippen LogP contribution in [-0.2, 0) is 20.5 Å². The maximum Gasteiger partial charge on any atom is 0.422 e. The van der Waals surface area contributed by atoms with Gasteiger partial charge in [0, 0.05) is 24.0 Å². The Balaban J connectivity index is 1.74. The van der Waals surface area contributed by atoms with E-state index in [4.69, 9.17) is 27.9 Å². The fourth-order valence-electron chi connectivity index (χ4n) is 4.93. The summed E-state index contributed by atoms with van der Waals surface area (Å²) in [4.78, 5) is 40.9. The molecule has 0 aliphatic carbocycles. The predicted octanol–water partition coefficient (Wildman–Crippen LogP) is 4.97. The minimum absolute atomic E-state index is 0.0359. The molecule has 0 saturated carbocycles. The molecule has 220 valence electrons. The number of benzene rings is 2. The predicted molar refractivity (Wildman–Crippen MR) is 155 cm³/mol. The number of carboxylic acid groups (broad SMARTS) is 1. The number of H-pyrrole nitrogens is 1. The summed E-state index contributed by atoms with van der Waals surface area (Å²) >= 11 is 12.6. The number of fused-ring (bicyclic) bond motifs is 1. The van der Waals surface area contributed by atoms with Gasteiger partial charge in [0.05, 0.1) is 21.1 Å². The first-order valence-corrected chi connectivity index (χ1v) is 14.9. The number of nitrogens with one attached hydrogen (secondary N) is 3. The van der Waals surface area contributed by atoms with Crippen LogP contribution in [0.5, 0.6) is 0 Å². The third kappa shape index (κ3) is 6.45. The molecule has 1 fully saturated rings. The number of carbonyl (C=O) groups excluding carboxylic acids is 2. The molecule has 11 nitrogen and oxygen atoms in total. The number of halogens is 2. The number of carboxylic acids is 1. The number of rotatable bonds is 6. The highest BCUT2D eigenvalue weighted by Crippen LogP contribution is 2.37. The average Bonchev–Trinajstić information content (AvgIpc) is 3.22. The van der Waals surface area contributed by atoms with Gasteiger partial charge in [-0.25, -0.2) is 14.3 Å². The standard InChI is InChI=1S/C27H30Cl2N4O7S/c1-15-20-19(10-9-18(28)21(20)29)30-22(15)23(34)31-27(17-8-5-7-16(13-17)24(35)36)11-6-12-33(14-27)41(38,39)32-25(37)40-26(2,3)4/h5,7-10,13,30H,6,11-12,14H2,1-4H3,(H,31,34)(H,32,37)(H,35,36). The summed E-state index contributed by atoms with van der Waals surface area (Å²) < 4.78 is 34.6. The Hall–Kier alpha value is -3.32. The van der Waals surface area contributed by atoms with E-state index >= 15 is 0 Å². The number of hydrogen-bond acceptors (Lipinski definition) is 6. The van der Waals surface area contributed by atoms with Crippen LogP contribution >= 0.6 is 23.2 Å². The summed E-state index contributed by atoms with van der Waals surface area (Å²) in [6, 6.07) is 9.24. The van der Waals surface area contributed by atoms with Gasteiger partial charge in [-0.2, -0.15) is 12.7 Å². The van der Waals surface area contributed by atoms with Crippen molar-refractivity contribution in [3.8, 4) is 0 Å². The average molecular weight is 626 g/mol. The molecule has 0 radical (unpaired) electrons. The van der Waals surface area contributed by atoms with Gasteiger partial charge in [-0.1, -0.05) is 35.3 Å². The topological polar surface area (TPSA) is 158 Å². The Labute approximate surface area is 247 Å². The van der Waals surface area contributed by atoms with Gasteiger partial charge in [-0.15, -0.1) is 0 Å². The molecule has 1 atom stereocenters. The number of aromatic amines is 1. The second kappa shape index (κ2) is 11.2. The van der Waals surface area contributed by atoms with Crippen LogP contribution in [0.1, 0.15) is 65.6 Å². The van der Waals surface area contributed by atoms with Crippen LogP contribution in [0.15, 0.2) is 36.4 Å². The lowest BCUT2D eigenvalue weighted by Gasteiger charge is -2.43. The summed E-state index contributed by atoms with van der Waals surface area (Å²) in [6.45, 7) is 6.27. The zero-order valence-electron chi connectivity index (χ0n) is 22.8. The van der Waals surface area contributed by atoms with Crippen molar-refractivity contribution >= 4 is 62.3 Å². The molecule has 3 aromatic rings. The van der Waals surface area contributed by atoms with Gasteiger partial charge in [0.1, 0.15) is 11.3 Å². The van der Waals surface area contributed by atoms with Crippen molar-refractivity contribution in [3.63, 3.8) is 0 Å². The zero-order chi connectivity index (χ0) is 30.3. The number of carbonyl (C=O) groups is 3. The number of aromatic carboxylic acids is 1. The molecule has 41 heavy (non-hydrogen) atoms. The van der Waals surface area contributed by atoms with Gasteiger partial charge in [-0.3, -0.25) is 4.79 Å². The molecule has 2 aromatic carbocycles. The quantitative estimate of drug-likeness (QED) is 0.301. The Morgan fingerprint density at radius 3 is 2.51 bits per heavy atom. The van der Waals surface area contributed by atoms with Crippen LogP contribution in [0.2, 0.25) is 10.0 Å². The molecular formula is C27H30Cl2N4O7S. The number of ether oxygens (including phenoxy) is 1. The Morgan fingerprint density at radius 2 is 1.85 bits per heavy atom. The smallest absolute Gasteiger partial charge is 0.422 e. The third-order valence-electron chi connectivity index (χ3n) is 6.75. The number of aromatic nitrogens is 1. The van der Waals surface area contributed by atoms with Gasteiger partial charge in [0.15, 0.2) is 0 Å². The maximum atomic E-state index is 13.8. The van der Waals surface area contributed by atoms with Gasteiger partial charge >= 0.3 is 22.3 Å². The highest BCUT2D eigenvalue weighted by molar-refractivity contribution is 7.87. The van der Waals surface area contributed by atoms with E-state index in [2.05, 4.69) is 10.3 Å². The van der Waals surface area contributed by atoms with Crippen LogP contribution in [0.4, 0.5) is 4.79 Å². The number of piperidine rings is 1. The Bertz CT molecular complexity index is 1650. The fourth-order valence-corrected chi connectivity index (χ4v) is 6.54. The molecule has 4 rings (SSSR count). The number of hydrogen-bond donors (Lipinski definition) is 4. The monoisotopic (exact) mass is 624 g/mol. The zero-order valence-corrected chi connectivity index (χ0v) is 25.1. The molecule has 1 aliphatic rings. The molecule has 2 amide bonds. The molecule has 1 unspecified atom stereocenters. The van der Waals surface area contributed by atoms with Crippen LogP contribution in [0, 0.1) is 6.92 Å². The van der Waals surface area contributed by atoms with E-state index in [-0.39, 0.29) is 35.8 Å². The Morgan fingerprint density at radius 1 is 1.15 bits per heavy atom. The Kier molecular flexibility index (Phi) is 8.34. The molecule has 1 aromatic heterocycles. The first kappa shape index (κ1) is 30.6. The molecule has 0 spiro atoms. The summed E-state index contributed by atoms with van der Waals surface area (Å²) in [5, 5.41) is 13.7. The second-order valence-corrected chi connectivity index (χ2v) is 13.3. The summed E-state index contributed by atoms with van der Waals surface area (Å²) in [6.07, 6.45) is -0.568. The largest absolute Gasteiger partial charge is 0.478 e. The van der Waals surface area contributed by atoms with Gasteiger partial charge < -0.3 is 20.1 Å². The minimum atomic E-state index is -4.40. The van der Waals surface area contributed by atoms with Gasteiger partial charge in [-0.05, 0) is 75.9 Å². The van der Waals surface area contributed by atoms with E-state index in [0.29, 0.717) is 33.5 Å². The number of nitrogens with zero attached hydrogens (tertiary/aromatic N) is 1. The highest BCUT2D eigenvalue weighted by atomic mass is 35.5. The van der Waals surface area contributed by atoms with E-state index in [9.17, 15) is 27.9 Å². The maximum absolute atomic E-state index is 13.8. The first-order valence-electron chi connectivity index (χ1n) is 12.7. The highest BCUT2D eigenvalue weighted by Gasteiger charge is 2.43. The van der Waals surface area contributed by atoms with Gasteiger partial charge in [0.2, 0.25) is 0 Å². The van der Waals surface area contributed by atoms with Crippen LogP contribution in [0.25, 0.3) is 10.9 Å². The molecule has 0 bridgehead atoms. The molecule has 4 N–H and O–H groups in total. The van der Waals surface area contributed by atoms with E-state index in [0.717, 1.165) is 4.31 Å². The number of amides is 2. The van der Waals surface area contributed by atoms with E-state index < -0.39 is 39.3 Å². The second-order valence-electron chi connectivity index (χ2n) is 10.9. The van der Waals surface area contributed by atoms with Crippen molar-refractivity contribution < 1.29 is 32.6 Å². The lowest BCUT2D eigenvalue weighted by molar-refractivity contribution is 0.0561. The number of aryl methyl sites for hydroxylation is 1. The third-order valence-corrected chi connectivity index (χ3v) is 8.98. The lowest BCUT2D eigenvalue weighted by atomic mass is 9.82. The molecule has 2 heterocycles. The SMILES string of the molecule is Cc1c(C(=O)NC2(c3cccc(C(=O)O)c3)CCCN(S(=O)(=O)NC(=O)OC(C)(C)C)C2)[nH]c2ccc(Cl)c(Cl)c12. The van der Waals surface area contributed by atoms with Crippen molar-refractivity contribution in [2.24, 2.45) is 0 Å². The van der Waals surface area contributed by atoms with E-state index in [1.807, 2.05) is 4.72 Å². The first-order chi connectivity index (χ1) is 19.0. The lowest BCUT2D eigenvalue weighted by Crippen LogP contribution is -2.59. The van der Waals surface area contributed by atoms with E-state index in [1.165, 1.54) is 18.2 Å². The van der Waals surface area contributed by atoms with Crippen molar-refractivity contribution in [2.75, 3.05) is 13.1 Å². The van der Waals surface area contributed by atoms with Gasteiger partial charge in [0.25, 0.3) is 5.91 Å². The van der Waals surface area contributed by atoms with Crippen LogP contribution < -0.4 is 10.0 Å². The normalized spacial score (nSPS) is 18.2. The summed E-state index contributed by atoms with van der Waals surface area (Å²) in [7, 11) is -4.40. The molecular weight excluding hydrogens is 595 g/mol.